The van der Waals surface area contributed by atoms with Crippen molar-refractivity contribution in [3.63, 3.8) is 0 Å². The number of rotatable bonds is 7. The van der Waals surface area contributed by atoms with Crippen LogP contribution in [-0.2, 0) is 18.7 Å². The maximum atomic E-state index is 11.6. The summed E-state index contributed by atoms with van der Waals surface area (Å²) in [5, 5.41) is 0.151. The molecule has 0 saturated carbocycles. The first-order valence-electron chi connectivity index (χ1n) is 12.2. The van der Waals surface area contributed by atoms with Crippen molar-refractivity contribution in [3.05, 3.63) is 11.8 Å². The Hall–Kier alpha value is -0.276. The fourth-order valence-electron chi connectivity index (χ4n) is 4.39. The second-order valence-electron chi connectivity index (χ2n) is 12.6. The van der Waals surface area contributed by atoms with Crippen molar-refractivity contribution in [2.24, 2.45) is 11.8 Å². The van der Waals surface area contributed by atoms with E-state index in [0.717, 1.165) is 12.8 Å². The number of hydrogen-bond donors (Lipinski definition) is 0. The lowest BCUT2D eigenvalue weighted by Crippen LogP contribution is -2.58. The van der Waals surface area contributed by atoms with Crippen LogP contribution < -0.4 is 0 Å². The Bertz CT molecular complexity index is 645. The summed E-state index contributed by atoms with van der Waals surface area (Å²) in [7, 11) is -3.32. The van der Waals surface area contributed by atoms with E-state index in [2.05, 4.69) is 79.1 Å². The van der Waals surface area contributed by atoms with Crippen LogP contribution in [0, 0.1) is 11.8 Å². The molecule has 7 atom stereocenters. The van der Waals surface area contributed by atoms with Crippen molar-refractivity contribution in [2.75, 3.05) is 0 Å². The fraction of sp³-hybridized carbons (Fsp3) is 0.880. The van der Waals surface area contributed by atoms with Gasteiger partial charge in [-0.3, -0.25) is 4.79 Å². The van der Waals surface area contributed by atoms with Gasteiger partial charge in [-0.1, -0.05) is 66.0 Å². The van der Waals surface area contributed by atoms with Gasteiger partial charge in [0.25, 0.3) is 0 Å². The van der Waals surface area contributed by atoms with E-state index in [0.29, 0.717) is 18.3 Å². The number of Topliss-reactive ketones (excluding diaryl/α,β-unsaturated/α-hetero) is 1. The molecule has 0 N–H and O–H groups in total. The Morgan fingerprint density at radius 2 is 1.68 bits per heavy atom. The summed E-state index contributed by atoms with van der Waals surface area (Å²) < 4.78 is 20.1. The summed E-state index contributed by atoms with van der Waals surface area (Å²) in [5.74, 6) is 0.890. The van der Waals surface area contributed by atoms with E-state index in [1.165, 1.54) is 0 Å². The highest BCUT2D eigenvalue weighted by Crippen LogP contribution is 2.43. The molecule has 4 nitrogen and oxygen atoms in total. The summed E-state index contributed by atoms with van der Waals surface area (Å²) in [4.78, 5) is 11.6. The number of fused-ring (bicyclic) bond motifs is 1. The molecule has 6 heteroatoms. The normalized spacial score (nSPS) is 33.9. The fourth-order valence-corrected chi connectivity index (χ4v) is 6.40. The van der Waals surface area contributed by atoms with Crippen LogP contribution in [0.1, 0.15) is 60.8 Å². The molecule has 0 aromatic carbocycles. The molecular formula is C25H48O4Si2. The second-order valence-corrected chi connectivity index (χ2v) is 22.5. The van der Waals surface area contributed by atoms with Crippen LogP contribution in [0.25, 0.3) is 0 Å². The van der Waals surface area contributed by atoms with Gasteiger partial charge in [0.05, 0.1) is 38.6 Å². The molecule has 2 fully saturated rings. The van der Waals surface area contributed by atoms with Gasteiger partial charge in [-0.15, -0.1) is 0 Å². The van der Waals surface area contributed by atoms with Crippen molar-refractivity contribution in [1.82, 2.24) is 0 Å². The first-order valence-corrected chi connectivity index (χ1v) is 18.7. The zero-order chi connectivity index (χ0) is 23.8. The molecule has 2 rings (SSSR count). The lowest BCUT2D eigenvalue weighted by atomic mass is 9.77. The molecule has 0 aliphatic carbocycles. The topological polar surface area (TPSA) is 44.8 Å². The van der Waals surface area contributed by atoms with Crippen LogP contribution in [-0.4, -0.2) is 52.7 Å². The third-order valence-corrected chi connectivity index (χ3v) is 13.2. The molecule has 0 radical (unpaired) electrons. The van der Waals surface area contributed by atoms with E-state index >= 15 is 0 Å². The monoisotopic (exact) mass is 468 g/mol. The van der Waals surface area contributed by atoms with Crippen molar-refractivity contribution >= 4 is 22.2 Å². The number of ether oxygens (including phenoxy) is 2. The van der Waals surface area contributed by atoms with Crippen LogP contribution in [0.2, 0.25) is 37.8 Å². The third-order valence-electron chi connectivity index (χ3n) is 7.55. The number of ketones is 1. The summed E-state index contributed by atoms with van der Waals surface area (Å²) in [6, 6.07) is 0. The first-order chi connectivity index (χ1) is 14.0. The number of carbonyl (C=O) groups excluding carboxylic acids is 1. The molecule has 0 aromatic heterocycles. The molecule has 0 bridgehead atoms. The molecule has 2 saturated heterocycles. The lowest BCUT2D eigenvalue weighted by Gasteiger charge is -2.51. The van der Waals surface area contributed by atoms with Gasteiger partial charge in [0.1, 0.15) is 5.78 Å². The standard InChI is InChI=1S/C25H48O4Si2/c1-17(26)16-20-12-13-21-23(27-20)18(2)19(3)24(28-21)22(14-15-30(7,8)9)29-31(10,11)25(4,5)6/h14-15,18-24H,12-13,16H2,1-11H3/b15-14+/t18-,19+,20?,21+,22+,23-,24-/m1/s1. The zero-order valence-corrected chi connectivity index (χ0v) is 24.0. The van der Waals surface area contributed by atoms with E-state index in [9.17, 15) is 4.79 Å². The van der Waals surface area contributed by atoms with Gasteiger partial charge in [0.2, 0.25) is 0 Å². The number of carbonyl (C=O) groups is 1. The molecule has 0 amide bonds. The molecule has 1 unspecified atom stereocenters. The zero-order valence-electron chi connectivity index (χ0n) is 22.0. The molecule has 0 aromatic rings. The molecule has 0 spiro atoms. The van der Waals surface area contributed by atoms with Gasteiger partial charge in [-0.05, 0) is 49.7 Å². The second kappa shape index (κ2) is 9.92. The smallest absolute Gasteiger partial charge is 0.193 e. The van der Waals surface area contributed by atoms with Crippen LogP contribution >= 0.6 is 0 Å². The van der Waals surface area contributed by atoms with Crippen LogP contribution in [0.15, 0.2) is 11.8 Å². The van der Waals surface area contributed by atoms with Crippen molar-refractivity contribution < 1.29 is 18.7 Å². The Balaban J connectivity index is 2.26. The van der Waals surface area contributed by atoms with Gasteiger partial charge in [0, 0.05) is 6.42 Å². The predicted octanol–water partition coefficient (Wildman–Crippen LogP) is 6.38. The average Bonchev–Trinajstić information content (AvgIpc) is 2.60. The summed E-state index contributed by atoms with van der Waals surface area (Å²) in [6.45, 7) is 24.9. The van der Waals surface area contributed by atoms with Gasteiger partial charge in [-0.25, -0.2) is 0 Å². The summed E-state index contributed by atoms with van der Waals surface area (Å²) in [6.07, 6.45) is 4.90. The van der Waals surface area contributed by atoms with Gasteiger partial charge in [0.15, 0.2) is 8.32 Å². The highest BCUT2D eigenvalue weighted by atomic mass is 28.4. The minimum absolute atomic E-state index is 0.0269. The Kier molecular flexibility index (Phi) is 8.63. The van der Waals surface area contributed by atoms with E-state index in [1.54, 1.807) is 6.92 Å². The average molecular weight is 469 g/mol. The highest BCUT2D eigenvalue weighted by Gasteiger charge is 2.49. The van der Waals surface area contributed by atoms with Crippen molar-refractivity contribution in [1.29, 1.82) is 0 Å². The molecule has 31 heavy (non-hydrogen) atoms. The molecule has 2 aliphatic heterocycles. The SMILES string of the molecule is CC(=O)CC1CC[C@@H]2O[C@@H]([C@H](/C=C/[Si](C)(C)C)O[Si](C)(C)C(C)(C)C)[C@@H](C)[C@@H](C)[C@H]2O1. The van der Waals surface area contributed by atoms with Gasteiger partial charge < -0.3 is 13.9 Å². The van der Waals surface area contributed by atoms with E-state index in [4.69, 9.17) is 13.9 Å². The summed E-state index contributed by atoms with van der Waals surface area (Å²) >= 11 is 0. The Morgan fingerprint density at radius 3 is 2.19 bits per heavy atom. The van der Waals surface area contributed by atoms with Crippen LogP contribution in [0.4, 0.5) is 0 Å². The van der Waals surface area contributed by atoms with Gasteiger partial charge in [-0.2, -0.15) is 0 Å². The maximum absolute atomic E-state index is 11.6. The largest absolute Gasteiger partial charge is 0.408 e. The molecule has 180 valence electrons. The van der Waals surface area contributed by atoms with Gasteiger partial charge >= 0.3 is 0 Å². The van der Waals surface area contributed by atoms with Crippen LogP contribution in [0.5, 0.6) is 0 Å². The third kappa shape index (κ3) is 7.10. The maximum Gasteiger partial charge on any atom is 0.193 e. The molecule has 2 heterocycles. The number of hydrogen-bond acceptors (Lipinski definition) is 4. The Morgan fingerprint density at radius 1 is 1.06 bits per heavy atom. The quantitative estimate of drug-likeness (QED) is 0.407. The van der Waals surface area contributed by atoms with E-state index in [-0.39, 0.29) is 41.3 Å². The summed E-state index contributed by atoms with van der Waals surface area (Å²) in [5.41, 5.74) is 2.41. The lowest BCUT2D eigenvalue weighted by molar-refractivity contribution is -0.237. The Labute approximate surface area is 193 Å². The first kappa shape index (κ1) is 27.0. The molecular weight excluding hydrogens is 420 g/mol. The highest BCUT2D eigenvalue weighted by molar-refractivity contribution is 6.81. The van der Waals surface area contributed by atoms with E-state index in [1.807, 2.05) is 0 Å². The van der Waals surface area contributed by atoms with E-state index < -0.39 is 16.4 Å². The van der Waals surface area contributed by atoms with Crippen molar-refractivity contribution in [3.8, 4) is 0 Å². The van der Waals surface area contributed by atoms with Crippen LogP contribution in [0.3, 0.4) is 0 Å². The predicted molar refractivity (Wildman–Crippen MR) is 135 cm³/mol. The minimum atomic E-state index is -1.96. The molecule has 2 aliphatic rings. The van der Waals surface area contributed by atoms with Crippen molar-refractivity contribution in [2.45, 2.75) is 129 Å². The minimum Gasteiger partial charge on any atom is -0.408 e.